The van der Waals surface area contributed by atoms with Crippen LogP contribution in [0.4, 0.5) is 0 Å². The minimum absolute atomic E-state index is 0.00700. The summed E-state index contributed by atoms with van der Waals surface area (Å²) in [7, 11) is 1.43. The second-order valence-electron chi connectivity index (χ2n) is 10.0. The number of rotatable bonds is 10. The van der Waals surface area contributed by atoms with Crippen molar-refractivity contribution in [1.29, 1.82) is 0 Å². The molecule has 1 aliphatic carbocycles. The normalized spacial score (nSPS) is 15.6. The Morgan fingerprint density at radius 1 is 1.05 bits per heavy atom. The molecule has 1 atom stereocenters. The standard InChI is InChI=1S/C29H37N5O3/c1-4-5-15-26(35)34(29(2,28(36)37-3)23-11-7-6-8-12-23)20-21-16-18-22(19-17-21)24-13-9-10-14-25(24)27-30-32-33-31-27/h9-10,13-14,16-19,23H,4-8,11-12,15,20H2,1-3H3,(H,30,31,32,33)/t29-/m1/s1. The molecule has 196 valence electrons. The van der Waals surface area contributed by atoms with Crippen molar-refractivity contribution in [1.82, 2.24) is 25.5 Å². The van der Waals surface area contributed by atoms with E-state index >= 15 is 0 Å². The molecule has 0 radical (unpaired) electrons. The smallest absolute Gasteiger partial charge is 0.331 e. The molecule has 1 heterocycles. The molecule has 4 rings (SSSR count). The summed E-state index contributed by atoms with van der Waals surface area (Å²) in [4.78, 5) is 28.7. The number of unbranched alkanes of at least 4 members (excludes halogenated alkanes) is 1. The molecule has 1 N–H and O–H groups in total. The van der Waals surface area contributed by atoms with Gasteiger partial charge in [-0.1, -0.05) is 81.1 Å². The topological polar surface area (TPSA) is 101 Å². The number of amides is 1. The highest BCUT2D eigenvalue weighted by Gasteiger charge is 2.49. The lowest BCUT2D eigenvalue weighted by Gasteiger charge is -2.45. The van der Waals surface area contributed by atoms with Crippen LogP contribution in [0.3, 0.4) is 0 Å². The van der Waals surface area contributed by atoms with Gasteiger partial charge in [0.25, 0.3) is 0 Å². The van der Waals surface area contributed by atoms with E-state index in [1.165, 1.54) is 13.5 Å². The molecule has 0 spiro atoms. The maximum atomic E-state index is 13.6. The van der Waals surface area contributed by atoms with Crippen LogP contribution < -0.4 is 0 Å². The number of esters is 1. The molecular formula is C29H37N5O3. The van der Waals surface area contributed by atoms with Crippen LogP contribution in [0.2, 0.25) is 0 Å². The van der Waals surface area contributed by atoms with Gasteiger partial charge in [0.05, 0.1) is 7.11 Å². The quantitative estimate of drug-likeness (QED) is 0.363. The summed E-state index contributed by atoms with van der Waals surface area (Å²) in [6, 6.07) is 16.1. The Kier molecular flexibility index (Phi) is 8.69. The fraction of sp³-hybridized carbons (Fsp3) is 0.483. The van der Waals surface area contributed by atoms with E-state index < -0.39 is 5.54 Å². The molecule has 1 amide bonds. The lowest BCUT2D eigenvalue weighted by molar-refractivity contribution is -0.167. The van der Waals surface area contributed by atoms with Crippen LogP contribution >= 0.6 is 0 Å². The largest absolute Gasteiger partial charge is 0.467 e. The van der Waals surface area contributed by atoms with Crippen molar-refractivity contribution in [2.24, 2.45) is 5.92 Å². The summed E-state index contributed by atoms with van der Waals surface area (Å²) < 4.78 is 5.32. The zero-order valence-corrected chi connectivity index (χ0v) is 22.1. The number of ether oxygens (including phenoxy) is 1. The average Bonchev–Trinajstić information content (AvgIpc) is 3.49. The highest BCUT2D eigenvalue weighted by Crippen LogP contribution is 2.39. The van der Waals surface area contributed by atoms with E-state index in [4.69, 9.17) is 4.74 Å². The number of carbonyl (C=O) groups is 2. The van der Waals surface area contributed by atoms with Crippen molar-refractivity contribution >= 4 is 11.9 Å². The molecule has 0 unspecified atom stereocenters. The molecule has 3 aromatic rings. The molecule has 1 aromatic heterocycles. The van der Waals surface area contributed by atoms with Crippen molar-refractivity contribution in [3.63, 3.8) is 0 Å². The predicted octanol–water partition coefficient (Wildman–Crippen LogP) is 5.56. The monoisotopic (exact) mass is 503 g/mol. The summed E-state index contributed by atoms with van der Waals surface area (Å²) in [5.41, 5.74) is 2.91. The Hall–Kier alpha value is -3.55. The Morgan fingerprint density at radius 2 is 1.76 bits per heavy atom. The van der Waals surface area contributed by atoms with Crippen LogP contribution in [0.25, 0.3) is 22.5 Å². The van der Waals surface area contributed by atoms with E-state index in [0.717, 1.165) is 60.8 Å². The van der Waals surface area contributed by atoms with Crippen LogP contribution in [-0.4, -0.2) is 50.0 Å². The fourth-order valence-electron chi connectivity index (χ4n) is 5.53. The van der Waals surface area contributed by atoms with E-state index in [1.807, 2.05) is 55.5 Å². The first kappa shape index (κ1) is 26.5. The second-order valence-corrected chi connectivity index (χ2v) is 10.0. The van der Waals surface area contributed by atoms with Crippen LogP contribution in [-0.2, 0) is 20.9 Å². The number of nitrogens with one attached hydrogen (secondary N) is 1. The molecule has 8 nitrogen and oxygen atoms in total. The van der Waals surface area contributed by atoms with E-state index in [9.17, 15) is 9.59 Å². The van der Waals surface area contributed by atoms with E-state index in [2.05, 4.69) is 27.5 Å². The van der Waals surface area contributed by atoms with Gasteiger partial charge < -0.3 is 9.64 Å². The minimum atomic E-state index is -0.995. The zero-order valence-electron chi connectivity index (χ0n) is 22.1. The highest BCUT2D eigenvalue weighted by molar-refractivity contribution is 5.88. The van der Waals surface area contributed by atoms with E-state index in [0.29, 0.717) is 18.8 Å². The molecule has 8 heteroatoms. The Labute approximate surface area is 218 Å². The minimum Gasteiger partial charge on any atom is -0.467 e. The number of aromatic amines is 1. The van der Waals surface area contributed by atoms with Crippen molar-refractivity contribution in [3.8, 4) is 22.5 Å². The summed E-state index contributed by atoms with van der Waals surface area (Å²) in [6.07, 6.45) is 7.31. The summed E-state index contributed by atoms with van der Waals surface area (Å²) in [5.74, 6) is 0.373. The van der Waals surface area contributed by atoms with Gasteiger partial charge in [-0.05, 0) is 59.2 Å². The molecule has 37 heavy (non-hydrogen) atoms. The maximum Gasteiger partial charge on any atom is 0.331 e. The van der Waals surface area contributed by atoms with Gasteiger partial charge in [0.1, 0.15) is 5.54 Å². The molecule has 2 aromatic carbocycles. The van der Waals surface area contributed by atoms with Crippen molar-refractivity contribution in [2.45, 2.75) is 77.3 Å². The maximum absolute atomic E-state index is 13.6. The molecule has 0 saturated heterocycles. The van der Waals surface area contributed by atoms with E-state index in [-0.39, 0.29) is 17.8 Å². The van der Waals surface area contributed by atoms with Crippen LogP contribution in [0.1, 0.15) is 70.8 Å². The number of aromatic nitrogens is 4. The first-order valence-corrected chi connectivity index (χ1v) is 13.3. The van der Waals surface area contributed by atoms with Crippen molar-refractivity contribution in [3.05, 3.63) is 54.1 Å². The summed E-state index contributed by atoms with van der Waals surface area (Å²) >= 11 is 0. The number of methoxy groups -OCH3 is 1. The lowest BCUT2D eigenvalue weighted by Crippen LogP contribution is -2.60. The van der Waals surface area contributed by atoms with Gasteiger partial charge >= 0.3 is 5.97 Å². The first-order chi connectivity index (χ1) is 18.0. The van der Waals surface area contributed by atoms with Crippen LogP contribution in [0, 0.1) is 5.92 Å². The lowest BCUT2D eigenvalue weighted by atomic mass is 9.74. The Balaban J connectivity index is 1.65. The molecule has 1 fully saturated rings. The zero-order chi connectivity index (χ0) is 26.3. The SMILES string of the molecule is CCCCC(=O)N(Cc1ccc(-c2ccccc2-c2nnn[nH]2)cc1)[C@@](C)(C(=O)OC)C1CCCCC1. The number of H-pyrrole nitrogens is 1. The Bertz CT molecular complexity index is 1170. The summed E-state index contributed by atoms with van der Waals surface area (Å²) in [6.45, 7) is 4.34. The predicted molar refractivity (Wildman–Crippen MR) is 142 cm³/mol. The van der Waals surface area contributed by atoms with Gasteiger partial charge in [-0.25, -0.2) is 9.89 Å². The average molecular weight is 504 g/mol. The Morgan fingerprint density at radius 3 is 2.38 bits per heavy atom. The molecule has 1 saturated carbocycles. The molecule has 1 aliphatic rings. The van der Waals surface area contributed by atoms with Gasteiger partial charge in [0.15, 0.2) is 5.82 Å². The molecular weight excluding hydrogens is 466 g/mol. The van der Waals surface area contributed by atoms with Gasteiger partial charge in [-0.2, -0.15) is 0 Å². The van der Waals surface area contributed by atoms with Crippen LogP contribution in [0.5, 0.6) is 0 Å². The van der Waals surface area contributed by atoms with Gasteiger partial charge in [0, 0.05) is 18.5 Å². The second kappa shape index (κ2) is 12.1. The molecule has 0 aliphatic heterocycles. The van der Waals surface area contributed by atoms with Crippen molar-refractivity contribution < 1.29 is 14.3 Å². The number of tetrazole rings is 1. The summed E-state index contributed by atoms with van der Waals surface area (Å²) in [5, 5.41) is 14.3. The number of carbonyl (C=O) groups excluding carboxylic acids is 2. The van der Waals surface area contributed by atoms with Crippen LogP contribution in [0.15, 0.2) is 48.5 Å². The number of nitrogens with zero attached hydrogens (tertiary/aromatic N) is 4. The van der Waals surface area contributed by atoms with E-state index in [1.54, 1.807) is 4.90 Å². The highest BCUT2D eigenvalue weighted by atomic mass is 16.5. The molecule has 0 bridgehead atoms. The van der Waals surface area contributed by atoms with Gasteiger partial charge in [0.2, 0.25) is 5.91 Å². The third kappa shape index (κ3) is 5.73. The third-order valence-corrected chi connectivity index (χ3v) is 7.74. The van der Waals surface area contributed by atoms with Gasteiger partial charge in [-0.15, -0.1) is 5.10 Å². The fourth-order valence-corrected chi connectivity index (χ4v) is 5.53. The first-order valence-electron chi connectivity index (χ1n) is 13.3. The van der Waals surface area contributed by atoms with Crippen molar-refractivity contribution in [2.75, 3.05) is 7.11 Å². The third-order valence-electron chi connectivity index (χ3n) is 7.74. The number of hydrogen-bond acceptors (Lipinski definition) is 6. The number of benzene rings is 2. The number of hydrogen-bond donors (Lipinski definition) is 1. The van der Waals surface area contributed by atoms with Gasteiger partial charge in [-0.3, -0.25) is 4.79 Å².